The number of anilines is 2. The van der Waals surface area contributed by atoms with Crippen LogP contribution in [0.2, 0.25) is 0 Å². The number of thiazole rings is 1. The summed E-state index contributed by atoms with van der Waals surface area (Å²) in [6.45, 7) is 0. The molecule has 0 spiro atoms. The van der Waals surface area contributed by atoms with Crippen LogP contribution >= 0.6 is 11.3 Å². The van der Waals surface area contributed by atoms with Gasteiger partial charge in [-0.15, -0.1) is 11.3 Å². The topological polar surface area (TPSA) is 127 Å². The van der Waals surface area contributed by atoms with Crippen molar-refractivity contribution < 1.29 is 17.6 Å². The minimum absolute atomic E-state index is 0.0212. The van der Waals surface area contributed by atoms with Gasteiger partial charge in [0.2, 0.25) is 11.9 Å². The molecule has 152 valence electrons. The van der Waals surface area contributed by atoms with Crippen molar-refractivity contribution in [2.24, 2.45) is 0 Å². The summed E-state index contributed by atoms with van der Waals surface area (Å²) in [5.41, 5.74) is 1.09. The van der Waals surface area contributed by atoms with Crippen molar-refractivity contribution in [3.8, 4) is 10.8 Å². The molecule has 0 aliphatic heterocycles. The van der Waals surface area contributed by atoms with Gasteiger partial charge < -0.3 is 9.73 Å². The molecule has 2 N–H and O–H groups in total. The third-order valence-corrected chi connectivity index (χ3v) is 6.11. The summed E-state index contributed by atoms with van der Waals surface area (Å²) in [6, 6.07) is 10.9. The molecule has 0 radical (unpaired) electrons. The van der Waals surface area contributed by atoms with E-state index in [9.17, 15) is 13.2 Å². The van der Waals surface area contributed by atoms with Gasteiger partial charge in [0.1, 0.15) is 0 Å². The lowest BCUT2D eigenvalue weighted by molar-refractivity contribution is -0.115. The van der Waals surface area contributed by atoms with Crippen LogP contribution in [0.3, 0.4) is 0 Å². The first-order valence-corrected chi connectivity index (χ1v) is 11.0. The second-order valence-corrected chi connectivity index (χ2v) is 8.59. The zero-order valence-electron chi connectivity index (χ0n) is 15.3. The smallest absolute Gasteiger partial charge is 0.264 e. The third kappa shape index (κ3) is 4.70. The van der Waals surface area contributed by atoms with Crippen LogP contribution in [0.25, 0.3) is 10.8 Å². The van der Waals surface area contributed by atoms with Gasteiger partial charge in [-0.1, -0.05) is 0 Å². The van der Waals surface area contributed by atoms with Crippen molar-refractivity contribution in [2.45, 2.75) is 11.3 Å². The Morgan fingerprint density at radius 3 is 2.53 bits per heavy atom. The van der Waals surface area contributed by atoms with Crippen LogP contribution in [0.15, 0.2) is 75.8 Å². The molecule has 3 aromatic heterocycles. The molecular weight excluding hydrogens is 426 g/mol. The molecule has 0 atom stereocenters. The number of furan rings is 1. The number of nitrogens with zero attached hydrogens (tertiary/aromatic N) is 3. The van der Waals surface area contributed by atoms with Gasteiger partial charge in [0.05, 0.1) is 23.3 Å². The Bertz CT molecular complexity index is 1240. The van der Waals surface area contributed by atoms with Crippen molar-refractivity contribution in [3.05, 3.63) is 72.2 Å². The molecule has 0 saturated heterocycles. The Kier molecular flexibility index (Phi) is 5.55. The molecule has 4 rings (SSSR count). The van der Waals surface area contributed by atoms with Crippen LogP contribution in [0, 0.1) is 0 Å². The van der Waals surface area contributed by atoms with Gasteiger partial charge in [-0.25, -0.2) is 28.1 Å². The minimum atomic E-state index is -3.83. The molecule has 1 amide bonds. The van der Waals surface area contributed by atoms with E-state index in [1.807, 2.05) is 0 Å². The van der Waals surface area contributed by atoms with Gasteiger partial charge in [0.25, 0.3) is 10.0 Å². The summed E-state index contributed by atoms with van der Waals surface area (Å²) in [5.74, 6) is 0.364. The van der Waals surface area contributed by atoms with Gasteiger partial charge in [-0.3, -0.25) is 4.79 Å². The van der Waals surface area contributed by atoms with E-state index in [-0.39, 0.29) is 23.2 Å². The molecule has 0 saturated carbocycles. The van der Waals surface area contributed by atoms with Crippen molar-refractivity contribution in [2.75, 3.05) is 10.0 Å². The van der Waals surface area contributed by atoms with E-state index in [2.05, 4.69) is 25.0 Å². The van der Waals surface area contributed by atoms with Crippen LogP contribution in [-0.2, 0) is 21.2 Å². The highest BCUT2D eigenvalue weighted by molar-refractivity contribution is 7.92. The Balaban J connectivity index is 1.38. The highest BCUT2D eigenvalue weighted by atomic mass is 32.2. The predicted molar refractivity (Wildman–Crippen MR) is 111 cm³/mol. The van der Waals surface area contributed by atoms with Crippen LogP contribution in [0.1, 0.15) is 5.69 Å². The first-order valence-electron chi connectivity index (χ1n) is 8.68. The van der Waals surface area contributed by atoms with E-state index < -0.39 is 10.0 Å². The number of carbonyl (C=O) groups is 1. The van der Waals surface area contributed by atoms with E-state index >= 15 is 0 Å². The van der Waals surface area contributed by atoms with E-state index in [0.717, 1.165) is 0 Å². The average molecular weight is 441 g/mol. The van der Waals surface area contributed by atoms with Crippen LogP contribution < -0.4 is 10.0 Å². The SMILES string of the molecule is O=C(Cc1csc(-c2ccco2)n1)Nc1ccc(S(=O)(=O)Nc2ncccn2)cc1. The molecule has 11 heteroatoms. The normalized spacial score (nSPS) is 11.2. The lowest BCUT2D eigenvalue weighted by Gasteiger charge is -2.08. The largest absolute Gasteiger partial charge is 0.462 e. The average Bonchev–Trinajstić information content (AvgIpc) is 3.40. The summed E-state index contributed by atoms with van der Waals surface area (Å²) in [4.78, 5) is 24.4. The second kappa shape index (κ2) is 8.43. The number of hydrogen-bond donors (Lipinski definition) is 2. The molecule has 0 aliphatic rings. The molecule has 30 heavy (non-hydrogen) atoms. The first-order chi connectivity index (χ1) is 14.5. The summed E-state index contributed by atoms with van der Waals surface area (Å²) in [5, 5.41) is 5.22. The lowest BCUT2D eigenvalue weighted by atomic mass is 10.3. The first kappa shape index (κ1) is 19.7. The Hall–Kier alpha value is -3.57. The monoisotopic (exact) mass is 441 g/mol. The molecule has 1 aromatic carbocycles. The van der Waals surface area contributed by atoms with Crippen molar-refractivity contribution >= 4 is 38.9 Å². The molecular formula is C19H15N5O4S2. The second-order valence-electron chi connectivity index (χ2n) is 6.05. The van der Waals surface area contributed by atoms with E-state index in [4.69, 9.17) is 4.42 Å². The maximum absolute atomic E-state index is 12.4. The molecule has 3 heterocycles. The number of nitrogens with one attached hydrogen (secondary N) is 2. The van der Waals surface area contributed by atoms with Gasteiger partial charge >= 0.3 is 0 Å². The number of benzene rings is 1. The van der Waals surface area contributed by atoms with Crippen LogP contribution in [0.5, 0.6) is 0 Å². The summed E-state index contributed by atoms with van der Waals surface area (Å²) >= 11 is 1.39. The van der Waals surface area contributed by atoms with Gasteiger partial charge in [-0.05, 0) is 42.5 Å². The highest BCUT2D eigenvalue weighted by Crippen LogP contribution is 2.24. The summed E-state index contributed by atoms with van der Waals surface area (Å²) in [6.07, 6.45) is 4.52. The van der Waals surface area contributed by atoms with E-state index in [0.29, 0.717) is 22.1 Å². The zero-order chi connectivity index (χ0) is 21.0. The van der Waals surface area contributed by atoms with Gasteiger partial charge in [0.15, 0.2) is 10.8 Å². The summed E-state index contributed by atoms with van der Waals surface area (Å²) in [7, 11) is -3.83. The third-order valence-electron chi connectivity index (χ3n) is 3.87. The fourth-order valence-electron chi connectivity index (χ4n) is 2.52. The molecule has 0 bridgehead atoms. The molecule has 4 aromatic rings. The summed E-state index contributed by atoms with van der Waals surface area (Å²) < 4.78 is 32.3. The number of aromatic nitrogens is 3. The lowest BCUT2D eigenvalue weighted by Crippen LogP contribution is -2.16. The predicted octanol–water partition coefficient (Wildman–Crippen LogP) is 3.18. The fourth-order valence-corrected chi connectivity index (χ4v) is 4.26. The van der Waals surface area contributed by atoms with Gasteiger partial charge in [-0.2, -0.15) is 0 Å². The number of rotatable bonds is 7. The molecule has 9 nitrogen and oxygen atoms in total. The zero-order valence-corrected chi connectivity index (χ0v) is 17.0. The number of sulfonamides is 1. The Labute approximate surface area is 175 Å². The van der Waals surface area contributed by atoms with Gasteiger partial charge in [0, 0.05) is 23.5 Å². The Morgan fingerprint density at radius 2 is 1.83 bits per heavy atom. The standard InChI is InChI=1S/C19H15N5O4S2/c25-17(11-14-12-29-18(23-14)16-3-1-10-28-16)22-13-4-6-15(7-5-13)30(26,27)24-19-20-8-2-9-21-19/h1-10,12H,11H2,(H,22,25)(H,20,21,24). The fraction of sp³-hybridized carbons (Fsp3) is 0.0526. The molecule has 0 fully saturated rings. The number of carbonyl (C=O) groups excluding carboxylic acids is 1. The van der Waals surface area contributed by atoms with Crippen molar-refractivity contribution in [1.29, 1.82) is 0 Å². The highest BCUT2D eigenvalue weighted by Gasteiger charge is 2.16. The van der Waals surface area contributed by atoms with E-state index in [1.54, 1.807) is 29.8 Å². The van der Waals surface area contributed by atoms with E-state index in [1.165, 1.54) is 48.0 Å². The molecule has 0 unspecified atom stereocenters. The quantitative estimate of drug-likeness (QED) is 0.451. The van der Waals surface area contributed by atoms with Crippen LogP contribution in [0.4, 0.5) is 11.6 Å². The van der Waals surface area contributed by atoms with Crippen LogP contribution in [-0.4, -0.2) is 29.3 Å². The maximum atomic E-state index is 12.4. The number of amides is 1. The Morgan fingerprint density at radius 1 is 1.07 bits per heavy atom. The minimum Gasteiger partial charge on any atom is -0.462 e. The van der Waals surface area contributed by atoms with Crippen molar-refractivity contribution in [3.63, 3.8) is 0 Å². The van der Waals surface area contributed by atoms with Crippen molar-refractivity contribution in [1.82, 2.24) is 15.0 Å². The molecule has 0 aliphatic carbocycles. The number of hydrogen-bond acceptors (Lipinski definition) is 8. The maximum Gasteiger partial charge on any atom is 0.264 e.